The number of carbonyl (C=O) groups excluding carboxylic acids is 1. The monoisotopic (exact) mass is 298 g/mol. The molecule has 1 heterocycles. The van der Waals surface area contributed by atoms with E-state index in [0.29, 0.717) is 6.61 Å². The summed E-state index contributed by atoms with van der Waals surface area (Å²) >= 11 is 0. The van der Waals surface area contributed by atoms with Crippen molar-refractivity contribution in [2.24, 2.45) is 0 Å². The van der Waals surface area contributed by atoms with Gasteiger partial charge in [-0.25, -0.2) is 0 Å². The molecule has 1 saturated carbocycles. The van der Waals surface area contributed by atoms with Crippen LogP contribution in [-0.2, 0) is 9.53 Å². The minimum atomic E-state index is -0.494. The van der Waals surface area contributed by atoms with E-state index >= 15 is 0 Å². The first kappa shape index (κ1) is 16.7. The summed E-state index contributed by atoms with van der Waals surface area (Å²) in [5.74, 6) is -0.0983. The van der Waals surface area contributed by atoms with Crippen molar-refractivity contribution in [2.45, 2.75) is 63.1 Å². The maximum Gasteiger partial charge on any atom is 0.326 e. The Morgan fingerprint density at radius 1 is 1.29 bits per heavy atom. The minimum absolute atomic E-state index is 0.0983. The smallest absolute Gasteiger partial charge is 0.326 e. The van der Waals surface area contributed by atoms with Crippen molar-refractivity contribution in [3.8, 4) is 0 Å². The van der Waals surface area contributed by atoms with Crippen LogP contribution in [0.15, 0.2) is 0 Å². The van der Waals surface area contributed by atoms with Gasteiger partial charge in [0.05, 0.1) is 12.7 Å². The highest BCUT2D eigenvalue weighted by molar-refractivity contribution is 5.81. The highest BCUT2D eigenvalue weighted by atomic mass is 16.5. The molecule has 0 aromatic heterocycles. The molecule has 5 nitrogen and oxygen atoms in total. The predicted molar refractivity (Wildman–Crippen MR) is 82.1 cm³/mol. The largest absolute Gasteiger partial charge is 0.465 e. The van der Waals surface area contributed by atoms with E-state index in [9.17, 15) is 9.90 Å². The number of aliphatic hydroxyl groups is 1. The molecule has 1 aliphatic heterocycles. The van der Waals surface area contributed by atoms with E-state index in [0.717, 1.165) is 45.2 Å². The van der Waals surface area contributed by atoms with E-state index in [4.69, 9.17) is 4.74 Å². The van der Waals surface area contributed by atoms with E-state index in [-0.39, 0.29) is 18.1 Å². The van der Waals surface area contributed by atoms with Crippen LogP contribution in [0.4, 0.5) is 0 Å². The Balaban J connectivity index is 2.00. The average molecular weight is 298 g/mol. The molecule has 5 heteroatoms. The number of hydrogen-bond acceptors (Lipinski definition) is 5. The van der Waals surface area contributed by atoms with E-state index in [2.05, 4.69) is 4.90 Å². The Kier molecular flexibility index (Phi) is 5.63. The van der Waals surface area contributed by atoms with Crippen molar-refractivity contribution in [3.63, 3.8) is 0 Å². The first-order valence-electron chi connectivity index (χ1n) is 8.28. The average Bonchev–Trinajstić information content (AvgIpc) is 2.48. The fraction of sp³-hybridized carbons (Fsp3) is 0.938. The topological polar surface area (TPSA) is 53.0 Å². The quantitative estimate of drug-likeness (QED) is 0.792. The third kappa shape index (κ3) is 3.41. The number of likely N-dealkylation sites (tertiary alicyclic amines) is 1. The van der Waals surface area contributed by atoms with Crippen LogP contribution < -0.4 is 0 Å². The predicted octanol–water partition coefficient (Wildman–Crippen LogP) is 1.25. The normalized spacial score (nSPS) is 30.3. The lowest BCUT2D eigenvalue weighted by Gasteiger charge is -2.47. The Hall–Kier alpha value is -0.650. The first-order valence-corrected chi connectivity index (χ1v) is 8.28. The molecule has 0 aromatic rings. The zero-order valence-corrected chi connectivity index (χ0v) is 13.7. The van der Waals surface area contributed by atoms with Gasteiger partial charge in [-0.3, -0.25) is 14.6 Å². The lowest BCUT2D eigenvalue weighted by molar-refractivity contribution is -0.160. The van der Waals surface area contributed by atoms with Crippen LogP contribution in [0, 0.1) is 0 Å². The standard InChI is InChI=1S/C16H30N2O3/c1-4-21-15(20)16(17(2)3)9-11-18(12-10-16)13-7-5-6-8-14(13)19/h13-14,19H,4-12H2,1-3H3. The number of likely N-dealkylation sites (N-methyl/N-ethyl adjacent to an activating group) is 1. The van der Waals surface area contributed by atoms with Gasteiger partial charge in [0.15, 0.2) is 0 Å². The summed E-state index contributed by atoms with van der Waals surface area (Å²) in [4.78, 5) is 16.8. The maximum absolute atomic E-state index is 12.4. The summed E-state index contributed by atoms with van der Waals surface area (Å²) < 4.78 is 5.30. The van der Waals surface area contributed by atoms with Crippen molar-refractivity contribution in [2.75, 3.05) is 33.8 Å². The molecule has 1 saturated heterocycles. The number of ether oxygens (including phenoxy) is 1. The zero-order chi connectivity index (χ0) is 15.5. The van der Waals surface area contributed by atoms with Crippen LogP contribution in [0.3, 0.4) is 0 Å². The number of rotatable bonds is 4. The third-order valence-electron chi connectivity index (χ3n) is 5.30. The summed E-state index contributed by atoms with van der Waals surface area (Å²) in [6.45, 7) is 4.01. The van der Waals surface area contributed by atoms with Gasteiger partial charge in [-0.05, 0) is 46.7 Å². The van der Waals surface area contributed by atoms with E-state index in [1.807, 2.05) is 25.9 Å². The van der Waals surface area contributed by atoms with Gasteiger partial charge in [0.2, 0.25) is 0 Å². The second-order valence-electron chi connectivity index (χ2n) is 6.60. The molecule has 0 spiro atoms. The molecule has 122 valence electrons. The highest BCUT2D eigenvalue weighted by Gasteiger charge is 2.46. The van der Waals surface area contributed by atoms with Crippen LogP contribution in [0.5, 0.6) is 0 Å². The Morgan fingerprint density at radius 3 is 2.43 bits per heavy atom. The molecule has 2 rings (SSSR count). The highest BCUT2D eigenvalue weighted by Crippen LogP contribution is 2.32. The summed E-state index contributed by atoms with van der Waals surface area (Å²) in [6, 6.07) is 0.279. The van der Waals surface area contributed by atoms with Crippen LogP contribution in [0.1, 0.15) is 45.4 Å². The van der Waals surface area contributed by atoms with Crippen molar-refractivity contribution in [1.82, 2.24) is 9.80 Å². The molecular formula is C16H30N2O3. The maximum atomic E-state index is 12.4. The molecule has 2 fully saturated rings. The fourth-order valence-corrected chi connectivity index (χ4v) is 3.84. The van der Waals surface area contributed by atoms with Gasteiger partial charge >= 0.3 is 5.97 Å². The molecule has 21 heavy (non-hydrogen) atoms. The van der Waals surface area contributed by atoms with Crippen molar-refractivity contribution in [1.29, 1.82) is 0 Å². The van der Waals surface area contributed by atoms with Crippen molar-refractivity contribution in [3.05, 3.63) is 0 Å². The van der Waals surface area contributed by atoms with Crippen LogP contribution in [0.2, 0.25) is 0 Å². The molecule has 0 aromatic carbocycles. The lowest BCUT2D eigenvalue weighted by atomic mass is 9.83. The van der Waals surface area contributed by atoms with E-state index in [1.165, 1.54) is 6.42 Å². The number of aliphatic hydroxyl groups excluding tert-OH is 1. The molecule has 0 amide bonds. The van der Waals surface area contributed by atoms with Crippen LogP contribution >= 0.6 is 0 Å². The summed E-state index contributed by atoms with van der Waals surface area (Å²) in [6.07, 6.45) is 5.69. The molecule has 1 aliphatic carbocycles. The van der Waals surface area contributed by atoms with Crippen molar-refractivity contribution >= 4 is 5.97 Å². The van der Waals surface area contributed by atoms with Gasteiger partial charge in [0, 0.05) is 19.1 Å². The van der Waals surface area contributed by atoms with Gasteiger partial charge in [-0.15, -0.1) is 0 Å². The Morgan fingerprint density at radius 2 is 1.90 bits per heavy atom. The number of nitrogens with zero attached hydrogens (tertiary/aromatic N) is 2. The molecule has 2 aliphatic rings. The Labute approximate surface area is 128 Å². The number of esters is 1. The fourth-order valence-electron chi connectivity index (χ4n) is 3.84. The van der Waals surface area contributed by atoms with Gasteiger partial charge in [0.25, 0.3) is 0 Å². The molecule has 0 bridgehead atoms. The summed E-state index contributed by atoms with van der Waals surface area (Å²) in [5, 5.41) is 10.2. The first-order chi connectivity index (χ1) is 10.0. The van der Waals surface area contributed by atoms with Gasteiger partial charge in [-0.2, -0.15) is 0 Å². The van der Waals surface area contributed by atoms with E-state index < -0.39 is 5.54 Å². The third-order valence-corrected chi connectivity index (χ3v) is 5.30. The van der Waals surface area contributed by atoms with Crippen LogP contribution in [0.25, 0.3) is 0 Å². The lowest BCUT2D eigenvalue weighted by Crippen LogP contribution is -2.60. The second-order valence-corrected chi connectivity index (χ2v) is 6.60. The molecule has 2 atom stereocenters. The van der Waals surface area contributed by atoms with Gasteiger partial charge < -0.3 is 9.84 Å². The number of carbonyl (C=O) groups is 1. The number of hydrogen-bond donors (Lipinski definition) is 1. The molecule has 0 radical (unpaired) electrons. The number of piperidine rings is 1. The van der Waals surface area contributed by atoms with Gasteiger partial charge in [-0.1, -0.05) is 12.8 Å². The van der Waals surface area contributed by atoms with Crippen molar-refractivity contribution < 1.29 is 14.6 Å². The SMILES string of the molecule is CCOC(=O)C1(N(C)C)CCN(C2CCCCC2O)CC1. The van der Waals surface area contributed by atoms with E-state index in [1.54, 1.807) is 0 Å². The molecule has 1 N–H and O–H groups in total. The van der Waals surface area contributed by atoms with Crippen LogP contribution in [-0.4, -0.2) is 72.4 Å². The second kappa shape index (κ2) is 7.07. The minimum Gasteiger partial charge on any atom is -0.465 e. The summed E-state index contributed by atoms with van der Waals surface area (Å²) in [5.41, 5.74) is -0.494. The summed E-state index contributed by atoms with van der Waals surface area (Å²) in [7, 11) is 3.92. The Bertz CT molecular complexity index is 351. The molecular weight excluding hydrogens is 268 g/mol. The molecule has 2 unspecified atom stereocenters. The zero-order valence-electron chi connectivity index (χ0n) is 13.7. The van der Waals surface area contributed by atoms with Gasteiger partial charge in [0.1, 0.15) is 5.54 Å².